The lowest BCUT2D eigenvalue weighted by molar-refractivity contribution is 0.0284. The third-order valence-corrected chi connectivity index (χ3v) is 3.52. The lowest BCUT2D eigenvalue weighted by Crippen LogP contribution is -2.47. The molecule has 3 heteroatoms. The summed E-state index contributed by atoms with van der Waals surface area (Å²) in [5.41, 5.74) is 0. The fourth-order valence-electron chi connectivity index (χ4n) is 2.64. The molecule has 0 heterocycles. The molecule has 3 nitrogen and oxygen atoms in total. The second-order valence-electron chi connectivity index (χ2n) is 5.01. The Morgan fingerprint density at radius 2 is 2.00 bits per heavy atom. The zero-order chi connectivity index (χ0) is 12.0. The maximum absolute atomic E-state index is 10.1. The van der Waals surface area contributed by atoms with Gasteiger partial charge in [0.25, 0.3) is 0 Å². The summed E-state index contributed by atoms with van der Waals surface area (Å²) in [6, 6.07) is 2.87. The monoisotopic (exact) mass is 224 g/mol. The quantitative estimate of drug-likeness (QED) is 0.745. The first kappa shape index (κ1) is 13.5. The molecule has 0 aromatic heterocycles. The summed E-state index contributed by atoms with van der Waals surface area (Å²) in [5, 5.41) is 18.8. The predicted molar refractivity (Wildman–Crippen MR) is 65.0 cm³/mol. The van der Waals surface area contributed by atoms with Gasteiger partial charge in [-0.05, 0) is 26.7 Å². The molecule has 2 atom stereocenters. The Hall–Kier alpha value is -0.590. The van der Waals surface area contributed by atoms with Gasteiger partial charge in [0.15, 0.2) is 0 Å². The standard InChI is InChI=1S/C13H24N2O/c1-11(2)15(10-6-9-14)12-7-4-3-5-8-13(12)16/h11-13,16H,3-8,10H2,1-2H3. The molecule has 0 radical (unpaired) electrons. The van der Waals surface area contributed by atoms with E-state index in [1.54, 1.807) is 0 Å². The molecule has 1 aliphatic carbocycles. The number of aliphatic hydroxyl groups is 1. The molecule has 1 rings (SSSR count). The highest BCUT2D eigenvalue weighted by Gasteiger charge is 2.28. The minimum absolute atomic E-state index is 0.205. The number of rotatable bonds is 4. The minimum Gasteiger partial charge on any atom is -0.391 e. The Morgan fingerprint density at radius 1 is 1.31 bits per heavy atom. The van der Waals surface area contributed by atoms with Gasteiger partial charge >= 0.3 is 0 Å². The summed E-state index contributed by atoms with van der Waals surface area (Å²) < 4.78 is 0. The van der Waals surface area contributed by atoms with Crippen LogP contribution in [0.3, 0.4) is 0 Å². The number of hydrogen-bond donors (Lipinski definition) is 1. The maximum Gasteiger partial charge on any atom is 0.0695 e. The molecular formula is C13H24N2O. The van der Waals surface area contributed by atoms with Crippen molar-refractivity contribution in [3.8, 4) is 6.07 Å². The average Bonchev–Trinajstić information content (AvgIpc) is 2.44. The van der Waals surface area contributed by atoms with Crippen LogP contribution in [-0.2, 0) is 0 Å². The molecule has 0 bridgehead atoms. The van der Waals surface area contributed by atoms with Crippen molar-refractivity contribution in [1.29, 1.82) is 5.26 Å². The third-order valence-electron chi connectivity index (χ3n) is 3.52. The first-order valence-corrected chi connectivity index (χ1v) is 6.47. The van der Waals surface area contributed by atoms with E-state index in [1.807, 2.05) is 0 Å². The van der Waals surface area contributed by atoms with Gasteiger partial charge in [-0.1, -0.05) is 19.3 Å². The summed E-state index contributed by atoms with van der Waals surface area (Å²) in [7, 11) is 0. The van der Waals surface area contributed by atoms with Crippen molar-refractivity contribution in [2.24, 2.45) is 0 Å². The second kappa shape index (κ2) is 6.88. The van der Waals surface area contributed by atoms with Crippen molar-refractivity contribution < 1.29 is 5.11 Å². The second-order valence-corrected chi connectivity index (χ2v) is 5.01. The lowest BCUT2D eigenvalue weighted by atomic mass is 10.0. The van der Waals surface area contributed by atoms with Crippen LogP contribution in [0.15, 0.2) is 0 Å². The van der Waals surface area contributed by atoms with E-state index in [0.717, 1.165) is 25.8 Å². The topological polar surface area (TPSA) is 47.3 Å². The Bertz CT molecular complexity index is 235. The van der Waals surface area contributed by atoms with Crippen LogP contribution in [0.25, 0.3) is 0 Å². The number of aliphatic hydroxyl groups excluding tert-OH is 1. The van der Waals surface area contributed by atoms with Crippen LogP contribution in [0, 0.1) is 11.3 Å². The van der Waals surface area contributed by atoms with Crippen molar-refractivity contribution in [2.45, 2.75) is 70.6 Å². The van der Waals surface area contributed by atoms with Gasteiger partial charge < -0.3 is 5.11 Å². The predicted octanol–water partition coefficient (Wildman–Crippen LogP) is 2.30. The molecule has 1 N–H and O–H groups in total. The highest BCUT2D eigenvalue weighted by molar-refractivity contribution is 4.85. The van der Waals surface area contributed by atoms with Crippen molar-refractivity contribution in [3.05, 3.63) is 0 Å². The van der Waals surface area contributed by atoms with E-state index in [4.69, 9.17) is 5.26 Å². The first-order valence-electron chi connectivity index (χ1n) is 6.47. The Labute approximate surface area is 99.1 Å². The first-order chi connectivity index (χ1) is 7.66. The smallest absolute Gasteiger partial charge is 0.0695 e. The highest BCUT2D eigenvalue weighted by atomic mass is 16.3. The summed E-state index contributed by atoms with van der Waals surface area (Å²) in [5.74, 6) is 0. The van der Waals surface area contributed by atoms with Crippen LogP contribution in [0.5, 0.6) is 0 Å². The van der Waals surface area contributed by atoms with Gasteiger partial charge in [-0.15, -0.1) is 0 Å². The van der Waals surface area contributed by atoms with E-state index in [0.29, 0.717) is 12.5 Å². The molecule has 1 aliphatic rings. The van der Waals surface area contributed by atoms with Gasteiger partial charge in [-0.3, -0.25) is 4.90 Å². The maximum atomic E-state index is 10.1. The highest BCUT2D eigenvalue weighted by Crippen LogP contribution is 2.24. The molecule has 0 amide bonds. The van der Waals surface area contributed by atoms with E-state index < -0.39 is 0 Å². The molecule has 16 heavy (non-hydrogen) atoms. The fraction of sp³-hybridized carbons (Fsp3) is 0.923. The van der Waals surface area contributed by atoms with Gasteiger partial charge in [-0.25, -0.2) is 0 Å². The third kappa shape index (κ3) is 3.77. The van der Waals surface area contributed by atoms with Crippen LogP contribution in [0.2, 0.25) is 0 Å². The van der Waals surface area contributed by atoms with Gasteiger partial charge in [-0.2, -0.15) is 5.26 Å². The SMILES string of the molecule is CC(C)N(CCC#N)C1CCCCCC1O. The number of nitrogens with zero attached hydrogens (tertiary/aromatic N) is 2. The molecule has 0 aromatic carbocycles. The van der Waals surface area contributed by atoms with Crippen LogP contribution in [0.4, 0.5) is 0 Å². The lowest BCUT2D eigenvalue weighted by Gasteiger charge is -2.36. The average molecular weight is 224 g/mol. The molecule has 1 saturated carbocycles. The van der Waals surface area contributed by atoms with E-state index in [1.165, 1.54) is 12.8 Å². The molecule has 92 valence electrons. The minimum atomic E-state index is -0.205. The molecular weight excluding hydrogens is 200 g/mol. The zero-order valence-electron chi connectivity index (χ0n) is 10.5. The van der Waals surface area contributed by atoms with Gasteiger partial charge in [0.1, 0.15) is 0 Å². The van der Waals surface area contributed by atoms with Gasteiger partial charge in [0.2, 0.25) is 0 Å². The summed E-state index contributed by atoms with van der Waals surface area (Å²) in [6.07, 6.45) is 5.92. The van der Waals surface area contributed by atoms with Crippen LogP contribution < -0.4 is 0 Å². The number of hydrogen-bond acceptors (Lipinski definition) is 3. The normalized spacial score (nSPS) is 26.8. The van der Waals surface area contributed by atoms with Crippen LogP contribution >= 0.6 is 0 Å². The van der Waals surface area contributed by atoms with Crippen molar-refractivity contribution in [2.75, 3.05) is 6.54 Å². The molecule has 1 fully saturated rings. The molecule has 2 unspecified atom stereocenters. The number of nitriles is 1. The zero-order valence-corrected chi connectivity index (χ0v) is 10.5. The van der Waals surface area contributed by atoms with Crippen molar-refractivity contribution in [1.82, 2.24) is 4.90 Å². The molecule has 0 spiro atoms. The molecule has 0 saturated heterocycles. The van der Waals surface area contributed by atoms with Gasteiger partial charge in [0, 0.05) is 25.0 Å². The van der Waals surface area contributed by atoms with E-state index >= 15 is 0 Å². The Morgan fingerprint density at radius 3 is 2.62 bits per heavy atom. The fourth-order valence-corrected chi connectivity index (χ4v) is 2.64. The summed E-state index contributed by atoms with van der Waals surface area (Å²) in [4.78, 5) is 2.30. The van der Waals surface area contributed by atoms with Crippen molar-refractivity contribution >= 4 is 0 Å². The van der Waals surface area contributed by atoms with E-state index in [-0.39, 0.29) is 12.1 Å². The molecule has 0 aromatic rings. The Kier molecular flexibility index (Phi) is 5.79. The van der Waals surface area contributed by atoms with E-state index in [9.17, 15) is 5.11 Å². The van der Waals surface area contributed by atoms with Crippen LogP contribution in [-0.4, -0.2) is 34.7 Å². The Balaban J connectivity index is 2.63. The summed E-state index contributed by atoms with van der Waals surface area (Å²) in [6.45, 7) is 5.08. The van der Waals surface area contributed by atoms with Crippen LogP contribution in [0.1, 0.15) is 52.4 Å². The molecule has 0 aliphatic heterocycles. The summed E-state index contributed by atoms with van der Waals surface area (Å²) >= 11 is 0. The van der Waals surface area contributed by atoms with E-state index in [2.05, 4.69) is 24.8 Å². The van der Waals surface area contributed by atoms with Crippen molar-refractivity contribution in [3.63, 3.8) is 0 Å². The largest absolute Gasteiger partial charge is 0.391 e. The van der Waals surface area contributed by atoms with Gasteiger partial charge in [0.05, 0.1) is 12.2 Å².